The molecule has 3 heteroatoms. The van der Waals surface area contributed by atoms with Crippen LogP contribution in [-0.4, -0.2) is 23.7 Å². The maximum atomic E-state index is 11.9. The molecular weight excluding hydrogens is 226 g/mol. The average Bonchev–Trinajstić information content (AvgIpc) is 2.39. The standard InChI is InChI=1S/C15H29NO2/c1-3-14(9-10-17)16-15(18)11-12(2)13-7-5-4-6-8-13/h12-14,17H,3-11H2,1-2H3,(H,16,18). The Morgan fingerprint density at radius 3 is 2.56 bits per heavy atom. The summed E-state index contributed by atoms with van der Waals surface area (Å²) in [6.07, 6.45) is 8.82. The minimum Gasteiger partial charge on any atom is -0.396 e. The van der Waals surface area contributed by atoms with E-state index >= 15 is 0 Å². The molecule has 0 aromatic rings. The first kappa shape index (κ1) is 15.5. The molecule has 0 bridgehead atoms. The van der Waals surface area contributed by atoms with E-state index < -0.39 is 0 Å². The average molecular weight is 255 g/mol. The number of nitrogens with one attached hydrogen (secondary N) is 1. The van der Waals surface area contributed by atoms with Crippen LogP contribution in [0.15, 0.2) is 0 Å². The Morgan fingerprint density at radius 1 is 1.33 bits per heavy atom. The van der Waals surface area contributed by atoms with E-state index in [9.17, 15) is 4.79 Å². The fourth-order valence-corrected chi connectivity index (χ4v) is 2.98. The summed E-state index contributed by atoms with van der Waals surface area (Å²) < 4.78 is 0. The van der Waals surface area contributed by atoms with Crippen molar-refractivity contribution < 1.29 is 9.90 Å². The predicted molar refractivity (Wildman–Crippen MR) is 74.3 cm³/mol. The summed E-state index contributed by atoms with van der Waals surface area (Å²) in [5.41, 5.74) is 0. The molecule has 1 aliphatic carbocycles. The third kappa shape index (κ3) is 5.38. The van der Waals surface area contributed by atoms with Crippen molar-refractivity contribution in [2.24, 2.45) is 11.8 Å². The maximum Gasteiger partial charge on any atom is 0.220 e. The molecule has 0 aromatic heterocycles. The molecule has 1 saturated carbocycles. The van der Waals surface area contributed by atoms with E-state index in [0.29, 0.717) is 18.8 Å². The van der Waals surface area contributed by atoms with Gasteiger partial charge in [0.2, 0.25) is 5.91 Å². The largest absolute Gasteiger partial charge is 0.396 e. The van der Waals surface area contributed by atoms with Gasteiger partial charge >= 0.3 is 0 Å². The highest BCUT2D eigenvalue weighted by Crippen LogP contribution is 2.31. The van der Waals surface area contributed by atoms with Crippen LogP contribution in [0.3, 0.4) is 0 Å². The van der Waals surface area contributed by atoms with Crippen LogP contribution in [0, 0.1) is 11.8 Å². The highest BCUT2D eigenvalue weighted by molar-refractivity contribution is 5.76. The lowest BCUT2D eigenvalue weighted by atomic mass is 9.79. The molecule has 1 aliphatic rings. The number of amides is 1. The maximum absolute atomic E-state index is 11.9. The molecule has 1 rings (SSSR count). The summed E-state index contributed by atoms with van der Waals surface area (Å²) in [4.78, 5) is 11.9. The Bertz CT molecular complexity index is 237. The van der Waals surface area contributed by atoms with Crippen molar-refractivity contribution in [3.05, 3.63) is 0 Å². The van der Waals surface area contributed by atoms with E-state index in [4.69, 9.17) is 5.11 Å². The van der Waals surface area contributed by atoms with Crippen LogP contribution in [0.5, 0.6) is 0 Å². The minimum atomic E-state index is 0.140. The van der Waals surface area contributed by atoms with E-state index in [1.165, 1.54) is 32.1 Å². The van der Waals surface area contributed by atoms with Crippen LogP contribution in [-0.2, 0) is 4.79 Å². The van der Waals surface area contributed by atoms with Gasteiger partial charge in [0, 0.05) is 19.1 Å². The molecule has 0 saturated heterocycles. The minimum absolute atomic E-state index is 0.140. The highest BCUT2D eigenvalue weighted by atomic mass is 16.3. The Labute approximate surface area is 111 Å². The Balaban J connectivity index is 2.29. The van der Waals surface area contributed by atoms with Crippen LogP contribution < -0.4 is 5.32 Å². The van der Waals surface area contributed by atoms with E-state index in [0.717, 1.165) is 12.3 Å². The summed E-state index contributed by atoms with van der Waals surface area (Å²) in [6, 6.07) is 0.140. The number of hydrogen-bond acceptors (Lipinski definition) is 2. The summed E-state index contributed by atoms with van der Waals surface area (Å²) in [7, 11) is 0. The Morgan fingerprint density at radius 2 is 2.00 bits per heavy atom. The van der Waals surface area contributed by atoms with Crippen LogP contribution in [0.25, 0.3) is 0 Å². The van der Waals surface area contributed by atoms with E-state index in [1.807, 2.05) is 6.92 Å². The topological polar surface area (TPSA) is 49.3 Å². The molecule has 3 nitrogen and oxygen atoms in total. The van der Waals surface area contributed by atoms with Gasteiger partial charge in [-0.1, -0.05) is 46.0 Å². The zero-order valence-electron chi connectivity index (χ0n) is 12.0. The third-order valence-corrected chi connectivity index (χ3v) is 4.30. The molecule has 18 heavy (non-hydrogen) atoms. The Hall–Kier alpha value is -0.570. The second kappa shape index (κ2) is 8.52. The number of rotatable bonds is 7. The molecule has 2 unspecified atom stereocenters. The summed E-state index contributed by atoms with van der Waals surface area (Å²) in [5.74, 6) is 1.40. The van der Waals surface area contributed by atoms with Gasteiger partial charge in [0.15, 0.2) is 0 Å². The smallest absolute Gasteiger partial charge is 0.220 e. The van der Waals surface area contributed by atoms with Crippen molar-refractivity contribution in [1.29, 1.82) is 0 Å². The lowest BCUT2D eigenvalue weighted by Gasteiger charge is -2.27. The first-order valence-corrected chi connectivity index (χ1v) is 7.57. The Kier molecular flexibility index (Phi) is 7.33. The van der Waals surface area contributed by atoms with Gasteiger partial charge in [-0.2, -0.15) is 0 Å². The van der Waals surface area contributed by atoms with Gasteiger partial charge in [-0.15, -0.1) is 0 Å². The zero-order valence-corrected chi connectivity index (χ0v) is 12.0. The third-order valence-electron chi connectivity index (χ3n) is 4.30. The van der Waals surface area contributed by atoms with Gasteiger partial charge in [-0.3, -0.25) is 4.79 Å². The number of carbonyl (C=O) groups is 1. The highest BCUT2D eigenvalue weighted by Gasteiger charge is 2.22. The van der Waals surface area contributed by atoms with Crippen molar-refractivity contribution in [3.8, 4) is 0 Å². The van der Waals surface area contributed by atoms with Gasteiger partial charge in [0.25, 0.3) is 0 Å². The van der Waals surface area contributed by atoms with Gasteiger partial charge < -0.3 is 10.4 Å². The van der Waals surface area contributed by atoms with E-state index in [2.05, 4.69) is 12.2 Å². The van der Waals surface area contributed by atoms with Crippen LogP contribution in [0.1, 0.15) is 65.2 Å². The van der Waals surface area contributed by atoms with Gasteiger partial charge in [-0.05, 0) is 24.7 Å². The second-order valence-electron chi connectivity index (χ2n) is 5.76. The monoisotopic (exact) mass is 255 g/mol. The molecule has 106 valence electrons. The fraction of sp³-hybridized carbons (Fsp3) is 0.933. The quantitative estimate of drug-likeness (QED) is 0.735. The molecule has 0 heterocycles. The normalized spacial score (nSPS) is 20.4. The molecule has 0 radical (unpaired) electrons. The summed E-state index contributed by atoms with van der Waals surface area (Å²) in [5, 5.41) is 12.0. The molecule has 2 N–H and O–H groups in total. The molecular formula is C15H29NO2. The number of carbonyl (C=O) groups excluding carboxylic acids is 1. The first-order valence-electron chi connectivity index (χ1n) is 7.57. The molecule has 1 fully saturated rings. The molecule has 0 aliphatic heterocycles. The number of aliphatic hydroxyl groups is 1. The van der Waals surface area contributed by atoms with Crippen molar-refractivity contribution in [2.45, 2.75) is 71.3 Å². The number of hydrogen-bond donors (Lipinski definition) is 2. The fourth-order valence-electron chi connectivity index (χ4n) is 2.98. The zero-order chi connectivity index (χ0) is 13.4. The predicted octanol–water partition coefficient (Wildman–Crippen LogP) is 2.87. The van der Waals surface area contributed by atoms with E-state index in [1.54, 1.807) is 0 Å². The summed E-state index contributed by atoms with van der Waals surface area (Å²) in [6.45, 7) is 4.41. The lowest BCUT2D eigenvalue weighted by Crippen LogP contribution is -2.36. The van der Waals surface area contributed by atoms with Gasteiger partial charge in [0.1, 0.15) is 0 Å². The lowest BCUT2D eigenvalue weighted by molar-refractivity contribution is -0.123. The van der Waals surface area contributed by atoms with Gasteiger partial charge in [-0.25, -0.2) is 0 Å². The van der Waals surface area contributed by atoms with Crippen molar-refractivity contribution in [1.82, 2.24) is 5.32 Å². The second-order valence-corrected chi connectivity index (χ2v) is 5.76. The van der Waals surface area contributed by atoms with Crippen LogP contribution in [0.2, 0.25) is 0 Å². The molecule has 0 aromatic carbocycles. The van der Waals surface area contributed by atoms with Crippen LogP contribution >= 0.6 is 0 Å². The summed E-state index contributed by atoms with van der Waals surface area (Å²) >= 11 is 0. The SMILES string of the molecule is CCC(CCO)NC(=O)CC(C)C1CCCCC1. The molecule has 1 amide bonds. The van der Waals surface area contributed by atoms with Crippen molar-refractivity contribution in [3.63, 3.8) is 0 Å². The van der Waals surface area contributed by atoms with Gasteiger partial charge in [0.05, 0.1) is 0 Å². The molecule has 2 atom stereocenters. The van der Waals surface area contributed by atoms with E-state index in [-0.39, 0.29) is 18.6 Å². The first-order chi connectivity index (χ1) is 8.67. The van der Waals surface area contributed by atoms with Crippen molar-refractivity contribution in [2.75, 3.05) is 6.61 Å². The van der Waals surface area contributed by atoms with Crippen LogP contribution in [0.4, 0.5) is 0 Å². The molecule has 0 spiro atoms. The van der Waals surface area contributed by atoms with Crippen molar-refractivity contribution >= 4 is 5.91 Å². The number of aliphatic hydroxyl groups excluding tert-OH is 1.